The molecule has 0 N–H and O–H groups in total. The van der Waals surface area contributed by atoms with Crippen LogP contribution < -0.4 is 0 Å². The molecule has 0 unspecified atom stereocenters. The highest BCUT2D eigenvalue weighted by Gasteiger charge is 2.29. The van der Waals surface area contributed by atoms with Gasteiger partial charge in [0.25, 0.3) is 0 Å². The molecule has 1 aromatic carbocycles. The summed E-state index contributed by atoms with van der Waals surface area (Å²) >= 11 is 6.62. The number of sulfonamides is 1. The standard InChI is InChI=1S/C11H14Br2N2O2S/c1-14-4-6-15(7-5-14)18(16,17)11-8-9(12)2-3-10(11)13/h2-3,8H,4-7H2,1H3. The molecule has 0 aliphatic carbocycles. The summed E-state index contributed by atoms with van der Waals surface area (Å²) in [5, 5.41) is 0. The van der Waals surface area contributed by atoms with E-state index in [0.29, 0.717) is 22.5 Å². The Labute approximate surface area is 124 Å². The number of hydrogen-bond acceptors (Lipinski definition) is 3. The van der Waals surface area contributed by atoms with Crippen LogP contribution in [-0.4, -0.2) is 50.8 Å². The van der Waals surface area contributed by atoms with E-state index < -0.39 is 10.0 Å². The normalized spacial score (nSPS) is 19.1. The van der Waals surface area contributed by atoms with Crippen LogP contribution in [0, 0.1) is 0 Å². The van der Waals surface area contributed by atoms with Crippen molar-refractivity contribution in [3.63, 3.8) is 0 Å². The maximum atomic E-state index is 12.5. The number of rotatable bonds is 2. The van der Waals surface area contributed by atoms with E-state index in [9.17, 15) is 8.42 Å². The fourth-order valence-electron chi connectivity index (χ4n) is 1.84. The maximum Gasteiger partial charge on any atom is 0.244 e. The van der Waals surface area contributed by atoms with Crippen molar-refractivity contribution in [1.29, 1.82) is 0 Å². The Kier molecular flexibility index (Phi) is 4.48. The molecule has 0 radical (unpaired) electrons. The lowest BCUT2D eigenvalue weighted by Crippen LogP contribution is -2.47. The molecule has 0 spiro atoms. The summed E-state index contributed by atoms with van der Waals surface area (Å²) < 4.78 is 28.0. The highest BCUT2D eigenvalue weighted by atomic mass is 79.9. The van der Waals surface area contributed by atoms with Gasteiger partial charge in [0.2, 0.25) is 10.0 Å². The minimum Gasteiger partial charge on any atom is -0.304 e. The van der Waals surface area contributed by atoms with Gasteiger partial charge in [-0.15, -0.1) is 0 Å². The van der Waals surface area contributed by atoms with Crippen molar-refractivity contribution in [3.05, 3.63) is 27.1 Å². The number of hydrogen-bond donors (Lipinski definition) is 0. The second-order valence-electron chi connectivity index (χ2n) is 4.28. The highest BCUT2D eigenvalue weighted by molar-refractivity contribution is 9.11. The average molecular weight is 398 g/mol. The van der Waals surface area contributed by atoms with Crippen LogP contribution in [0.25, 0.3) is 0 Å². The van der Waals surface area contributed by atoms with Gasteiger partial charge in [-0.05, 0) is 41.2 Å². The Bertz CT molecular complexity index is 540. The van der Waals surface area contributed by atoms with Crippen molar-refractivity contribution in [1.82, 2.24) is 9.21 Å². The fourth-order valence-corrected chi connectivity index (χ4v) is 4.73. The van der Waals surface area contributed by atoms with Crippen LogP contribution in [0.5, 0.6) is 0 Å². The molecule has 1 aliphatic rings. The van der Waals surface area contributed by atoms with Crippen LogP contribution in [-0.2, 0) is 10.0 Å². The second-order valence-corrected chi connectivity index (χ2v) is 7.96. The van der Waals surface area contributed by atoms with Crippen molar-refractivity contribution in [2.45, 2.75) is 4.90 Å². The SMILES string of the molecule is CN1CCN(S(=O)(=O)c2cc(Br)ccc2Br)CC1. The molecule has 0 saturated carbocycles. The third-order valence-corrected chi connectivity index (χ3v) is 6.36. The molecular weight excluding hydrogens is 384 g/mol. The van der Waals surface area contributed by atoms with Crippen molar-refractivity contribution >= 4 is 41.9 Å². The first-order valence-electron chi connectivity index (χ1n) is 5.55. The third-order valence-electron chi connectivity index (χ3n) is 2.97. The van der Waals surface area contributed by atoms with Crippen LogP contribution in [0.2, 0.25) is 0 Å². The summed E-state index contributed by atoms with van der Waals surface area (Å²) in [6, 6.07) is 5.19. The highest BCUT2D eigenvalue weighted by Crippen LogP contribution is 2.28. The first kappa shape index (κ1) is 14.5. The third kappa shape index (κ3) is 2.96. The Hall–Kier alpha value is 0.0500. The number of benzene rings is 1. The van der Waals surface area contributed by atoms with Crippen molar-refractivity contribution in [3.8, 4) is 0 Å². The van der Waals surface area contributed by atoms with Crippen LogP contribution in [0.3, 0.4) is 0 Å². The first-order chi connectivity index (χ1) is 8.41. The van der Waals surface area contributed by atoms with Crippen molar-refractivity contribution < 1.29 is 8.42 Å². The summed E-state index contributed by atoms with van der Waals surface area (Å²) in [6.07, 6.45) is 0. The lowest BCUT2D eigenvalue weighted by atomic mass is 10.4. The number of nitrogens with zero attached hydrogens (tertiary/aromatic N) is 2. The molecule has 1 aromatic rings. The quantitative estimate of drug-likeness (QED) is 0.767. The Morgan fingerprint density at radius 2 is 1.72 bits per heavy atom. The molecule has 0 bridgehead atoms. The number of piperazine rings is 1. The molecular formula is C11H14Br2N2O2S. The number of halogens is 2. The van der Waals surface area contributed by atoms with Crippen molar-refractivity contribution in [2.24, 2.45) is 0 Å². The van der Waals surface area contributed by atoms with Gasteiger partial charge >= 0.3 is 0 Å². The molecule has 1 heterocycles. The van der Waals surface area contributed by atoms with Gasteiger partial charge in [-0.1, -0.05) is 15.9 Å². The van der Waals surface area contributed by atoms with Gasteiger partial charge in [-0.25, -0.2) is 8.42 Å². The van der Waals surface area contributed by atoms with E-state index in [1.165, 1.54) is 0 Å². The molecule has 1 fully saturated rings. The van der Waals surface area contributed by atoms with Gasteiger partial charge in [0.15, 0.2) is 0 Å². The summed E-state index contributed by atoms with van der Waals surface area (Å²) in [4.78, 5) is 2.45. The maximum absolute atomic E-state index is 12.5. The fraction of sp³-hybridized carbons (Fsp3) is 0.455. The molecule has 0 atom stereocenters. The van der Waals surface area contributed by atoms with Gasteiger partial charge in [0.1, 0.15) is 0 Å². The smallest absolute Gasteiger partial charge is 0.244 e. The zero-order valence-corrected chi connectivity index (χ0v) is 13.9. The van der Waals surface area contributed by atoms with Crippen molar-refractivity contribution in [2.75, 3.05) is 33.2 Å². The van der Waals surface area contributed by atoms with E-state index >= 15 is 0 Å². The zero-order chi connectivity index (χ0) is 13.3. The summed E-state index contributed by atoms with van der Waals surface area (Å²) in [5.41, 5.74) is 0. The monoisotopic (exact) mass is 396 g/mol. The predicted molar refractivity (Wildman–Crippen MR) is 78.1 cm³/mol. The molecule has 1 saturated heterocycles. The zero-order valence-electron chi connectivity index (χ0n) is 9.94. The predicted octanol–water partition coefficient (Wildman–Crippen LogP) is 2.15. The average Bonchev–Trinajstić information content (AvgIpc) is 2.32. The molecule has 2 rings (SSSR count). The van der Waals surface area contributed by atoms with E-state index in [-0.39, 0.29) is 0 Å². The van der Waals surface area contributed by atoms with Crippen LogP contribution in [0.1, 0.15) is 0 Å². The molecule has 7 heteroatoms. The van der Waals surface area contributed by atoms with Gasteiger partial charge in [0, 0.05) is 35.1 Å². The van der Waals surface area contributed by atoms with E-state index in [2.05, 4.69) is 36.8 Å². The second kappa shape index (κ2) is 5.58. The van der Waals surface area contributed by atoms with Gasteiger partial charge in [0.05, 0.1) is 4.90 Å². The molecule has 1 aliphatic heterocycles. The summed E-state index contributed by atoms with van der Waals surface area (Å²) in [5.74, 6) is 0. The lowest BCUT2D eigenvalue weighted by Gasteiger charge is -2.31. The number of likely N-dealkylation sites (N-methyl/N-ethyl adjacent to an activating group) is 1. The van der Waals surface area contributed by atoms with E-state index in [4.69, 9.17) is 0 Å². The van der Waals surface area contributed by atoms with E-state index in [1.54, 1.807) is 16.4 Å². The Balaban J connectivity index is 2.33. The van der Waals surface area contributed by atoms with E-state index in [1.807, 2.05) is 13.1 Å². The minimum absolute atomic E-state index is 0.321. The van der Waals surface area contributed by atoms with E-state index in [0.717, 1.165) is 17.6 Å². The molecule has 100 valence electrons. The summed E-state index contributed by atoms with van der Waals surface area (Å²) in [7, 11) is -1.41. The minimum atomic E-state index is -3.41. The molecule has 0 amide bonds. The molecule has 0 aromatic heterocycles. The van der Waals surface area contributed by atoms with Gasteiger partial charge in [-0.3, -0.25) is 0 Å². The Morgan fingerprint density at radius 1 is 1.11 bits per heavy atom. The Morgan fingerprint density at radius 3 is 2.33 bits per heavy atom. The van der Waals surface area contributed by atoms with Gasteiger partial charge < -0.3 is 4.90 Å². The first-order valence-corrected chi connectivity index (χ1v) is 8.57. The summed E-state index contributed by atoms with van der Waals surface area (Å²) in [6.45, 7) is 2.62. The molecule has 18 heavy (non-hydrogen) atoms. The van der Waals surface area contributed by atoms with Crippen LogP contribution >= 0.6 is 31.9 Å². The largest absolute Gasteiger partial charge is 0.304 e. The van der Waals surface area contributed by atoms with Gasteiger partial charge in [-0.2, -0.15) is 4.31 Å². The lowest BCUT2D eigenvalue weighted by molar-refractivity contribution is 0.222. The molecule has 4 nitrogen and oxygen atoms in total. The topological polar surface area (TPSA) is 40.6 Å². The van der Waals surface area contributed by atoms with Crippen LogP contribution in [0.4, 0.5) is 0 Å². The van der Waals surface area contributed by atoms with Crippen LogP contribution in [0.15, 0.2) is 32.0 Å².